The van der Waals surface area contributed by atoms with E-state index in [9.17, 15) is 22.8 Å². The minimum Gasteiger partial charge on any atom is -0.493 e. The number of aliphatic carboxylic acids is 1. The van der Waals surface area contributed by atoms with Crippen LogP contribution in [-0.4, -0.2) is 35.4 Å². The molecule has 0 aliphatic rings. The van der Waals surface area contributed by atoms with Crippen molar-refractivity contribution in [2.45, 2.75) is 46.0 Å². The molecule has 10 heteroatoms. The summed E-state index contributed by atoms with van der Waals surface area (Å²) in [5.41, 5.74) is -2.09. The number of carbonyl (C=O) groups is 3. The molecule has 33 heavy (non-hydrogen) atoms. The van der Waals surface area contributed by atoms with Gasteiger partial charge in [-0.05, 0) is 38.5 Å². The van der Waals surface area contributed by atoms with Crippen molar-refractivity contribution in [3.8, 4) is 11.5 Å². The number of rotatable bonds is 6. The van der Waals surface area contributed by atoms with E-state index >= 15 is 0 Å². The summed E-state index contributed by atoms with van der Waals surface area (Å²) < 4.78 is 51.2. The monoisotopic (exact) mass is 469 g/mol. The van der Waals surface area contributed by atoms with Crippen LogP contribution in [0.25, 0.3) is 0 Å². The van der Waals surface area contributed by atoms with Gasteiger partial charge in [-0.25, -0.2) is 0 Å². The fraction of sp³-hybridized carbons (Fsp3) is 0.348. The predicted octanol–water partition coefficient (Wildman–Crippen LogP) is 4.48. The number of ketones is 1. The third-order valence-corrected chi connectivity index (χ3v) is 3.79. The molecule has 0 bridgehead atoms. The van der Waals surface area contributed by atoms with Gasteiger partial charge in [-0.15, -0.1) is 0 Å². The highest BCUT2D eigenvalue weighted by atomic mass is 19.4. The predicted molar refractivity (Wildman–Crippen MR) is 114 cm³/mol. The van der Waals surface area contributed by atoms with E-state index < -0.39 is 40.5 Å². The molecule has 0 saturated heterocycles. The largest absolute Gasteiger partial charge is 0.493 e. The fourth-order valence-electron chi connectivity index (χ4n) is 2.51. The molecule has 1 amide bonds. The number of carboxylic acids is 1. The number of nitrogens with one attached hydrogen (secondary N) is 1. The van der Waals surface area contributed by atoms with Crippen LogP contribution in [0.2, 0.25) is 0 Å². The Labute approximate surface area is 189 Å². The summed E-state index contributed by atoms with van der Waals surface area (Å²) in [6.07, 6.45) is -4.86. The SMILES string of the molecule is CC(=O)O.COc1cc(C(F)(F)F)c(C(=O)C(=O)NC(C)(C)C)cc1OCc1ccccc1. The van der Waals surface area contributed by atoms with Crippen LogP contribution in [0.3, 0.4) is 0 Å². The van der Waals surface area contributed by atoms with Gasteiger partial charge in [-0.2, -0.15) is 13.2 Å². The number of benzene rings is 2. The summed E-state index contributed by atoms with van der Waals surface area (Å²) >= 11 is 0. The van der Waals surface area contributed by atoms with E-state index in [1.165, 1.54) is 7.11 Å². The Balaban J connectivity index is 0.00000125. The lowest BCUT2D eigenvalue weighted by Crippen LogP contribution is -2.44. The van der Waals surface area contributed by atoms with Crippen LogP contribution in [0.4, 0.5) is 13.2 Å². The third kappa shape index (κ3) is 9.22. The minimum atomic E-state index is -4.86. The molecule has 180 valence electrons. The van der Waals surface area contributed by atoms with Crippen LogP contribution in [-0.2, 0) is 22.4 Å². The van der Waals surface area contributed by atoms with Crippen molar-refractivity contribution in [1.82, 2.24) is 5.32 Å². The van der Waals surface area contributed by atoms with E-state index in [1.54, 1.807) is 45.0 Å². The molecule has 2 rings (SSSR count). The normalized spacial score (nSPS) is 11.0. The Kier molecular flexibility index (Phi) is 9.45. The second-order valence-electron chi connectivity index (χ2n) is 7.87. The number of hydrogen-bond acceptors (Lipinski definition) is 5. The van der Waals surface area contributed by atoms with Gasteiger partial charge in [0.2, 0.25) is 0 Å². The van der Waals surface area contributed by atoms with Crippen molar-refractivity contribution < 1.29 is 42.1 Å². The first kappa shape index (κ1) is 27.5. The summed E-state index contributed by atoms with van der Waals surface area (Å²) in [6, 6.07) is 10.5. The number of amides is 1. The van der Waals surface area contributed by atoms with E-state index in [1.807, 2.05) is 6.07 Å². The second kappa shape index (κ2) is 11.3. The third-order valence-electron chi connectivity index (χ3n) is 3.79. The van der Waals surface area contributed by atoms with Gasteiger partial charge >= 0.3 is 6.18 Å². The summed E-state index contributed by atoms with van der Waals surface area (Å²) in [5.74, 6) is -3.54. The number of Topliss-reactive ketones (excluding diaryl/α,β-unsaturated/α-hetero) is 1. The molecular weight excluding hydrogens is 443 g/mol. The Bertz CT molecular complexity index is 978. The van der Waals surface area contributed by atoms with Gasteiger partial charge in [0.1, 0.15) is 6.61 Å². The first-order chi connectivity index (χ1) is 15.2. The number of carboxylic acid groups (broad SMARTS) is 1. The number of halogens is 3. The quantitative estimate of drug-likeness (QED) is 0.478. The molecule has 2 aromatic rings. The number of alkyl halides is 3. The number of carbonyl (C=O) groups excluding carboxylic acids is 2. The summed E-state index contributed by atoms with van der Waals surface area (Å²) in [6.45, 7) is 5.98. The van der Waals surface area contributed by atoms with Crippen LogP contribution in [0.1, 0.15) is 49.2 Å². The number of hydrogen-bond donors (Lipinski definition) is 2. The average molecular weight is 469 g/mol. The Morgan fingerprint density at radius 3 is 2.00 bits per heavy atom. The fourth-order valence-corrected chi connectivity index (χ4v) is 2.51. The number of ether oxygens (including phenoxy) is 2. The Hall–Kier alpha value is -3.56. The standard InChI is InChI=1S/C21H22F3NO4.C2H4O2/c1-20(2,3)25-19(27)18(26)14-10-17(29-12-13-8-6-5-7-9-13)16(28-4)11-15(14)21(22,23)24;1-2(3)4/h5-11H,12H2,1-4H3,(H,25,27);1H3,(H,3,4). The van der Waals surface area contributed by atoms with Crippen molar-refractivity contribution in [3.05, 3.63) is 59.2 Å². The van der Waals surface area contributed by atoms with E-state index in [0.717, 1.165) is 18.6 Å². The summed E-state index contributed by atoms with van der Waals surface area (Å²) in [7, 11) is 1.19. The van der Waals surface area contributed by atoms with Crippen LogP contribution >= 0.6 is 0 Å². The zero-order valence-electron chi connectivity index (χ0n) is 18.9. The molecule has 0 unspecified atom stereocenters. The molecular formula is C23H26F3NO6. The Morgan fingerprint density at radius 1 is 1.00 bits per heavy atom. The number of methoxy groups -OCH3 is 1. The first-order valence-corrected chi connectivity index (χ1v) is 9.68. The lowest BCUT2D eigenvalue weighted by Gasteiger charge is -2.21. The van der Waals surface area contributed by atoms with Gasteiger partial charge < -0.3 is 19.9 Å². The second-order valence-corrected chi connectivity index (χ2v) is 7.87. The topological polar surface area (TPSA) is 102 Å². The lowest BCUT2D eigenvalue weighted by atomic mass is 10.00. The maximum Gasteiger partial charge on any atom is 0.417 e. The van der Waals surface area contributed by atoms with Crippen molar-refractivity contribution in [3.63, 3.8) is 0 Å². The molecule has 0 aliphatic carbocycles. The highest BCUT2D eigenvalue weighted by Gasteiger charge is 2.38. The van der Waals surface area contributed by atoms with Crippen LogP contribution in [0.5, 0.6) is 11.5 Å². The molecule has 2 N–H and O–H groups in total. The highest BCUT2D eigenvalue weighted by Crippen LogP contribution is 2.39. The van der Waals surface area contributed by atoms with Gasteiger partial charge in [0, 0.05) is 18.0 Å². The van der Waals surface area contributed by atoms with E-state index in [2.05, 4.69) is 5.32 Å². The van der Waals surface area contributed by atoms with Crippen molar-refractivity contribution in [1.29, 1.82) is 0 Å². The zero-order chi connectivity index (χ0) is 25.4. The van der Waals surface area contributed by atoms with Crippen molar-refractivity contribution in [2.24, 2.45) is 0 Å². The van der Waals surface area contributed by atoms with Gasteiger partial charge in [0.25, 0.3) is 17.7 Å². The summed E-state index contributed by atoms with van der Waals surface area (Å²) in [4.78, 5) is 33.7. The maximum atomic E-state index is 13.5. The average Bonchev–Trinajstić information content (AvgIpc) is 2.69. The van der Waals surface area contributed by atoms with Crippen molar-refractivity contribution in [2.75, 3.05) is 7.11 Å². The molecule has 7 nitrogen and oxygen atoms in total. The van der Waals surface area contributed by atoms with Gasteiger partial charge in [0.05, 0.1) is 12.7 Å². The van der Waals surface area contributed by atoms with Crippen molar-refractivity contribution >= 4 is 17.7 Å². The van der Waals surface area contributed by atoms with Crippen LogP contribution in [0.15, 0.2) is 42.5 Å². The molecule has 2 aromatic carbocycles. The van der Waals surface area contributed by atoms with Crippen LogP contribution in [0, 0.1) is 0 Å². The molecule has 0 radical (unpaired) electrons. The van der Waals surface area contributed by atoms with E-state index in [0.29, 0.717) is 6.07 Å². The first-order valence-electron chi connectivity index (χ1n) is 9.68. The van der Waals surface area contributed by atoms with Gasteiger partial charge in [0.15, 0.2) is 11.5 Å². The summed E-state index contributed by atoms with van der Waals surface area (Å²) in [5, 5.41) is 9.79. The highest BCUT2D eigenvalue weighted by molar-refractivity contribution is 6.43. The molecule has 0 heterocycles. The zero-order valence-corrected chi connectivity index (χ0v) is 18.9. The molecule has 0 aliphatic heterocycles. The molecule has 0 atom stereocenters. The molecule has 0 saturated carbocycles. The molecule has 0 spiro atoms. The molecule has 0 fully saturated rings. The Morgan fingerprint density at radius 2 is 1.55 bits per heavy atom. The van der Waals surface area contributed by atoms with E-state index in [4.69, 9.17) is 19.4 Å². The van der Waals surface area contributed by atoms with Gasteiger partial charge in [-0.3, -0.25) is 14.4 Å². The minimum absolute atomic E-state index is 0.0460. The lowest BCUT2D eigenvalue weighted by molar-refractivity contribution is -0.138. The maximum absolute atomic E-state index is 13.5. The van der Waals surface area contributed by atoms with E-state index in [-0.39, 0.29) is 18.1 Å². The smallest absolute Gasteiger partial charge is 0.417 e. The van der Waals surface area contributed by atoms with Gasteiger partial charge in [-0.1, -0.05) is 30.3 Å². The van der Waals surface area contributed by atoms with Crippen LogP contribution < -0.4 is 14.8 Å². The molecule has 0 aromatic heterocycles.